The number of rotatable bonds is 3. The number of carbonyl (C=O) groups excluding carboxylic acids is 1. The lowest BCUT2D eigenvalue weighted by Crippen LogP contribution is -2.20. The van der Waals surface area contributed by atoms with Crippen molar-refractivity contribution in [2.24, 2.45) is 0 Å². The minimum Gasteiger partial charge on any atom is -0.454 e. The molecular weight excluding hydrogens is 316 g/mol. The van der Waals surface area contributed by atoms with E-state index in [-0.39, 0.29) is 19.2 Å². The molecule has 1 aliphatic rings. The van der Waals surface area contributed by atoms with Gasteiger partial charge in [0.1, 0.15) is 6.54 Å². The first kappa shape index (κ1) is 14.0. The van der Waals surface area contributed by atoms with Gasteiger partial charge in [-0.25, -0.2) is 4.98 Å². The Morgan fingerprint density at radius 1 is 1.30 bits per heavy atom. The maximum atomic E-state index is 12.2. The van der Waals surface area contributed by atoms with Gasteiger partial charge in [0.25, 0.3) is 0 Å². The van der Waals surface area contributed by atoms with Crippen molar-refractivity contribution in [3.05, 3.63) is 29.6 Å². The molecule has 0 spiro atoms. The Kier molecular flexibility index (Phi) is 3.19. The van der Waals surface area contributed by atoms with Gasteiger partial charge in [0.15, 0.2) is 16.6 Å². The number of nitrogens with one attached hydrogen (secondary N) is 1. The number of ether oxygens (including phenoxy) is 2. The second-order valence-electron chi connectivity index (χ2n) is 5.33. The van der Waals surface area contributed by atoms with Gasteiger partial charge < -0.3 is 14.8 Å². The molecule has 3 aromatic rings. The fourth-order valence-corrected chi connectivity index (χ4v) is 3.39. The molecule has 1 N–H and O–H groups in total. The molecule has 0 fully saturated rings. The smallest absolute Gasteiger partial charge is 0.247 e. The lowest BCUT2D eigenvalue weighted by molar-refractivity contribution is -0.116. The molecule has 0 saturated heterocycles. The zero-order valence-electron chi connectivity index (χ0n) is 12.6. The molecule has 0 atom stereocenters. The quantitative estimate of drug-likeness (QED) is 0.798. The van der Waals surface area contributed by atoms with Gasteiger partial charge >= 0.3 is 0 Å². The second kappa shape index (κ2) is 5.24. The monoisotopic (exact) mass is 330 g/mol. The molecule has 1 aliphatic heterocycles. The molecule has 3 heterocycles. The van der Waals surface area contributed by atoms with Gasteiger partial charge in [-0.3, -0.25) is 9.48 Å². The average Bonchev–Trinajstić information content (AvgIpc) is 3.15. The summed E-state index contributed by atoms with van der Waals surface area (Å²) in [7, 11) is 0. The first-order valence-corrected chi connectivity index (χ1v) is 7.91. The standard InChI is InChI=1S/C15H14N4O3S/c1-8-3-9(2)19(18-8)6-14(20)17-15-16-10-4-11-12(22-7-21-11)5-13(10)23-15/h3-5H,6-7H2,1-2H3,(H,16,17,20). The van der Waals surface area contributed by atoms with Crippen molar-refractivity contribution >= 4 is 32.6 Å². The highest BCUT2D eigenvalue weighted by Crippen LogP contribution is 2.38. The van der Waals surface area contributed by atoms with Crippen molar-refractivity contribution in [2.75, 3.05) is 12.1 Å². The highest BCUT2D eigenvalue weighted by atomic mass is 32.1. The van der Waals surface area contributed by atoms with Gasteiger partial charge in [0.2, 0.25) is 12.7 Å². The van der Waals surface area contributed by atoms with E-state index in [0.29, 0.717) is 16.6 Å². The highest BCUT2D eigenvalue weighted by molar-refractivity contribution is 7.22. The van der Waals surface area contributed by atoms with Crippen molar-refractivity contribution in [2.45, 2.75) is 20.4 Å². The molecular formula is C15H14N4O3S. The van der Waals surface area contributed by atoms with Gasteiger partial charge in [-0.2, -0.15) is 5.10 Å². The lowest BCUT2D eigenvalue weighted by atomic mass is 10.3. The summed E-state index contributed by atoms with van der Waals surface area (Å²) in [6, 6.07) is 5.64. The number of benzene rings is 1. The summed E-state index contributed by atoms with van der Waals surface area (Å²) in [5, 5.41) is 7.65. The van der Waals surface area contributed by atoms with E-state index >= 15 is 0 Å². The minimum absolute atomic E-state index is 0.157. The molecule has 7 nitrogen and oxygen atoms in total. The van der Waals surface area contributed by atoms with E-state index in [1.54, 1.807) is 4.68 Å². The SMILES string of the molecule is Cc1cc(C)n(CC(=O)Nc2nc3cc4c(cc3s2)OCO4)n1. The molecule has 0 bridgehead atoms. The van der Waals surface area contributed by atoms with Crippen molar-refractivity contribution < 1.29 is 14.3 Å². The average molecular weight is 330 g/mol. The van der Waals surface area contributed by atoms with E-state index in [4.69, 9.17) is 9.47 Å². The number of amides is 1. The van der Waals surface area contributed by atoms with Crippen LogP contribution in [0.5, 0.6) is 11.5 Å². The fourth-order valence-electron chi connectivity index (χ4n) is 2.50. The molecule has 4 rings (SSSR count). The van der Waals surface area contributed by atoms with Crippen LogP contribution in [0.1, 0.15) is 11.4 Å². The van der Waals surface area contributed by atoms with E-state index in [1.165, 1.54) is 11.3 Å². The summed E-state index contributed by atoms with van der Waals surface area (Å²) in [5.41, 5.74) is 2.62. The van der Waals surface area contributed by atoms with Crippen LogP contribution in [0.4, 0.5) is 5.13 Å². The summed E-state index contributed by atoms with van der Waals surface area (Å²) in [4.78, 5) is 16.6. The number of nitrogens with zero attached hydrogens (tertiary/aromatic N) is 3. The fraction of sp³-hybridized carbons (Fsp3) is 0.267. The van der Waals surface area contributed by atoms with Crippen LogP contribution in [-0.4, -0.2) is 27.5 Å². The summed E-state index contributed by atoms with van der Waals surface area (Å²) in [5.74, 6) is 1.24. The summed E-state index contributed by atoms with van der Waals surface area (Å²) in [6.45, 7) is 4.22. The number of aromatic nitrogens is 3. The number of fused-ring (bicyclic) bond motifs is 2. The highest BCUT2D eigenvalue weighted by Gasteiger charge is 2.17. The molecule has 2 aromatic heterocycles. The first-order valence-electron chi connectivity index (χ1n) is 7.09. The van der Waals surface area contributed by atoms with E-state index in [1.807, 2.05) is 32.0 Å². The molecule has 0 aliphatic carbocycles. The van der Waals surface area contributed by atoms with Gasteiger partial charge in [0, 0.05) is 17.8 Å². The van der Waals surface area contributed by atoms with Crippen molar-refractivity contribution in [3.63, 3.8) is 0 Å². The van der Waals surface area contributed by atoms with Crippen LogP contribution in [0.2, 0.25) is 0 Å². The Balaban J connectivity index is 1.53. The number of anilines is 1. The zero-order valence-corrected chi connectivity index (χ0v) is 13.4. The Morgan fingerprint density at radius 2 is 2.09 bits per heavy atom. The zero-order chi connectivity index (χ0) is 16.0. The van der Waals surface area contributed by atoms with Gasteiger partial charge in [-0.05, 0) is 19.9 Å². The Hall–Kier alpha value is -2.61. The van der Waals surface area contributed by atoms with Crippen LogP contribution in [-0.2, 0) is 11.3 Å². The number of hydrogen-bond donors (Lipinski definition) is 1. The van der Waals surface area contributed by atoms with Crippen LogP contribution < -0.4 is 14.8 Å². The number of hydrogen-bond acceptors (Lipinski definition) is 6. The maximum Gasteiger partial charge on any atom is 0.247 e. The van der Waals surface area contributed by atoms with Crippen molar-refractivity contribution in [3.8, 4) is 11.5 Å². The van der Waals surface area contributed by atoms with Gasteiger partial charge in [0.05, 0.1) is 15.9 Å². The molecule has 0 saturated carbocycles. The van der Waals surface area contributed by atoms with Crippen LogP contribution in [0.25, 0.3) is 10.2 Å². The van der Waals surface area contributed by atoms with Crippen molar-refractivity contribution in [1.29, 1.82) is 0 Å². The first-order chi connectivity index (χ1) is 11.1. The Morgan fingerprint density at radius 3 is 2.83 bits per heavy atom. The molecule has 118 valence electrons. The van der Waals surface area contributed by atoms with Gasteiger partial charge in [-0.15, -0.1) is 0 Å². The number of carbonyl (C=O) groups is 1. The molecule has 8 heteroatoms. The third kappa shape index (κ3) is 2.61. The van der Waals surface area contributed by atoms with Crippen LogP contribution >= 0.6 is 11.3 Å². The Bertz CT molecular complexity index is 874. The van der Waals surface area contributed by atoms with E-state index in [9.17, 15) is 4.79 Å². The number of thiazole rings is 1. The molecule has 1 amide bonds. The minimum atomic E-state index is -0.157. The van der Waals surface area contributed by atoms with E-state index < -0.39 is 0 Å². The van der Waals surface area contributed by atoms with E-state index in [2.05, 4.69) is 15.4 Å². The topological polar surface area (TPSA) is 78.3 Å². The number of aryl methyl sites for hydroxylation is 2. The van der Waals surface area contributed by atoms with E-state index in [0.717, 1.165) is 21.6 Å². The molecule has 0 radical (unpaired) electrons. The normalized spacial score (nSPS) is 12.8. The Labute approximate surface area is 135 Å². The third-order valence-electron chi connectivity index (χ3n) is 3.53. The largest absolute Gasteiger partial charge is 0.454 e. The molecule has 0 unspecified atom stereocenters. The third-order valence-corrected chi connectivity index (χ3v) is 4.46. The summed E-state index contributed by atoms with van der Waals surface area (Å²) in [6.07, 6.45) is 0. The van der Waals surface area contributed by atoms with Crippen LogP contribution in [0.15, 0.2) is 18.2 Å². The lowest BCUT2D eigenvalue weighted by Gasteiger charge is -2.03. The second-order valence-corrected chi connectivity index (χ2v) is 6.36. The van der Waals surface area contributed by atoms with Crippen molar-refractivity contribution in [1.82, 2.24) is 14.8 Å². The summed E-state index contributed by atoms with van der Waals surface area (Å²) < 4.78 is 13.3. The molecule has 23 heavy (non-hydrogen) atoms. The predicted octanol–water partition coefficient (Wildman–Crippen LogP) is 2.48. The van der Waals surface area contributed by atoms with Crippen LogP contribution in [0.3, 0.4) is 0 Å². The van der Waals surface area contributed by atoms with Gasteiger partial charge in [-0.1, -0.05) is 11.3 Å². The predicted molar refractivity (Wildman–Crippen MR) is 86.1 cm³/mol. The van der Waals surface area contributed by atoms with Crippen LogP contribution in [0, 0.1) is 13.8 Å². The molecule has 1 aromatic carbocycles. The summed E-state index contributed by atoms with van der Waals surface area (Å²) >= 11 is 1.40. The maximum absolute atomic E-state index is 12.2.